The van der Waals surface area contributed by atoms with E-state index in [1.165, 1.54) is 22.6 Å². The number of rotatable bonds is 6. The highest BCUT2D eigenvalue weighted by Gasteiger charge is 2.34. The lowest BCUT2D eigenvalue weighted by Crippen LogP contribution is -2.17. The molecule has 0 spiro atoms. The molecule has 168 valence electrons. The monoisotopic (exact) mass is 483 g/mol. The number of hydrogen-bond acceptors (Lipinski definition) is 5. The average molecular weight is 484 g/mol. The van der Waals surface area contributed by atoms with Crippen molar-refractivity contribution in [3.8, 4) is 0 Å². The van der Waals surface area contributed by atoms with Crippen molar-refractivity contribution in [1.82, 2.24) is 4.40 Å². The van der Waals surface area contributed by atoms with Crippen molar-refractivity contribution in [2.45, 2.75) is 13.8 Å². The molecule has 2 aromatic heterocycles. The number of nitrogens with zero attached hydrogens (tertiary/aromatic N) is 1. The van der Waals surface area contributed by atoms with Gasteiger partial charge in [-0.1, -0.05) is 47.5 Å². The summed E-state index contributed by atoms with van der Waals surface area (Å²) in [5.41, 5.74) is 0.280. The van der Waals surface area contributed by atoms with Crippen molar-refractivity contribution < 1.29 is 23.9 Å². The van der Waals surface area contributed by atoms with Gasteiger partial charge < -0.3 is 13.9 Å². The molecule has 2 heterocycles. The van der Waals surface area contributed by atoms with Crippen LogP contribution in [0.4, 0.5) is 0 Å². The highest BCUT2D eigenvalue weighted by atomic mass is 35.5. The fourth-order valence-electron chi connectivity index (χ4n) is 3.84. The Hall–Kier alpha value is -3.35. The van der Waals surface area contributed by atoms with Crippen molar-refractivity contribution in [1.29, 1.82) is 0 Å². The second-order valence-corrected chi connectivity index (χ2v) is 7.96. The van der Waals surface area contributed by atoms with E-state index in [1.807, 2.05) is 24.3 Å². The first-order chi connectivity index (χ1) is 15.9. The van der Waals surface area contributed by atoms with Crippen LogP contribution >= 0.6 is 23.2 Å². The molecule has 4 rings (SSSR count). The molecular formula is C25H19Cl2NO5. The summed E-state index contributed by atoms with van der Waals surface area (Å²) in [6, 6.07) is 13.6. The smallest absolute Gasteiger partial charge is 0.341 e. The Morgan fingerprint density at radius 2 is 1.55 bits per heavy atom. The Bertz CT molecular complexity index is 1420. The summed E-state index contributed by atoms with van der Waals surface area (Å²) >= 11 is 12.3. The van der Waals surface area contributed by atoms with Gasteiger partial charge in [0.15, 0.2) is 0 Å². The van der Waals surface area contributed by atoms with E-state index < -0.39 is 17.7 Å². The molecule has 0 amide bonds. The molecule has 0 aliphatic rings. The molecule has 6 nitrogen and oxygen atoms in total. The topological polar surface area (TPSA) is 74.1 Å². The van der Waals surface area contributed by atoms with Crippen LogP contribution in [0.25, 0.3) is 16.3 Å². The van der Waals surface area contributed by atoms with Gasteiger partial charge in [-0.2, -0.15) is 0 Å². The lowest BCUT2D eigenvalue weighted by atomic mass is 10.0. The minimum atomic E-state index is -0.804. The van der Waals surface area contributed by atoms with Crippen LogP contribution in [0, 0.1) is 0 Å². The number of ether oxygens (including phenoxy) is 2. The molecule has 0 N–H and O–H groups in total. The number of carbonyl (C=O) groups is 3. The molecule has 8 heteroatoms. The van der Waals surface area contributed by atoms with E-state index in [2.05, 4.69) is 0 Å². The number of carbonyl (C=O) groups excluding carboxylic acids is 3. The summed E-state index contributed by atoms with van der Waals surface area (Å²) in [6.45, 7) is 3.46. The third-order valence-electron chi connectivity index (χ3n) is 5.17. The number of pyridine rings is 1. The summed E-state index contributed by atoms with van der Waals surface area (Å²) < 4.78 is 12.0. The summed E-state index contributed by atoms with van der Waals surface area (Å²) in [7, 11) is 0. The predicted molar refractivity (Wildman–Crippen MR) is 127 cm³/mol. The number of aromatic nitrogens is 1. The first-order valence-electron chi connectivity index (χ1n) is 10.3. The van der Waals surface area contributed by atoms with Gasteiger partial charge in [0.2, 0.25) is 5.78 Å². The van der Waals surface area contributed by atoms with E-state index >= 15 is 0 Å². The lowest BCUT2D eigenvalue weighted by Gasteiger charge is -2.09. The van der Waals surface area contributed by atoms with E-state index in [9.17, 15) is 14.4 Å². The average Bonchev–Trinajstić information content (AvgIpc) is 3.15. The number of benzene rings is 2. The van der Waals surface area contributed by atoms with Crippen molar-refractivity contribution in [2.24, 2.45) is 0 Å². The third-order valence-corrected chi connectivity index (χ3v) is 5.72. The molecule has 0 saturated carbocycles. The zero-order valence-electron chi connectivity index (χ0n) is 17.9. The van der Waals surface area contributed by atoms with Crippen LogP contribution in [0.3, 0.4) is 0 Å². The minimum absolute atomic E-state index is 0.0273. The van der Waals surface area contributed by atoms with E-state index in [1.54, 1.807) is 26.1 Å². The van der Waals surface area contributed by atoms with Gasteiger partial charge in [0.1, 0.15) is 16.8 Å². The number of fused-ring (bicyclic) bond motifs is 3. The molecule has 2 aromatic carbocycles. The van der Waals surface area contributed by atoms with Gasteiger partial charge in [-0.3, -0.25) is 4.79 Å². The molecule has 0 atom stereocenters. The maximum Gasteiger partial charge on any atom is 0.341 e. The van der Waals surface area contributed by atoms with Gasteiger partial charge in [-0.15, -0.1) is 0 Å². The highest BCUT2D eigenvalue weighted by molar-refractivity contribution is 6.38. The quantitative estimate of drug-likeness (QED) is 0.249. The molecule has 0 fully saturated rings. The van der Waals surface area contributed by atoms with E-state index in [-0.39, 0.29) is 40.6 Å². The molecule has 0 aliphatic carbocycles. The SMILES string of the molecule is CCOC(=O)c1c(C(=O)OCC)c2c3ccccc3ccn2c1C(=O)c1ccc(Cl)cc1Cl. The van der Waals surface area contributed by atoms with Crippen LogP contribution in [-0.4, -0.2) is 35.3 Å². The Labute approximate surface area is 199 Å². The standard InChI is InChI=1S/C25H19Cl2NO5/c1-3-32-24(30)19-20(25(31)33-4-2)22(23(29)17-10-9-15(26)13-18(17)27)28-12-11-14-7-5-6-8-16(14)21(19)28/h5-13H,3-4H2,1-2H3. The van der Waals surface area contributed by atoms with Crippen LogP contribution in [0.15, 0.2) is 54.7 Å². The number of hydrogen-bond donors (Lipinski definition) is 0. The predicted octanol–water partition coefficient (Wildman–Crippen LogP) is 5.98. The molecule has 0 unspecified atom stereocenters. The maximum atomic E-state index is 13.7. The highest BCUT2D eigenvalue weighted by Crippen LogP contribution is 2.34. The van der Waals surface area contributed by atoms with Gasteiger partial charge in [-0.05, 0) is 43.5 Å². The van der Waals surface area contributed by atoms with E-state index in [0.29, 0.717) is 15.9 Å². The normalized spacial score (nSPS) is 11.0. The molecule has 0 aliphatic heterocycles. The van der Waals surface area contributed by atoms with Crippen LogP contribution in [-0.2, 0) is 9.47 Å². The third kappa shape index (κ3) is 3.96. The van der Waals surface area contributed by atoms with Crippen LogP contribution in [0.2, 0.25) is 10.0 Å². The van der Waals surface area contributed by atoms with Crippen molar-refractivity contribution in [3.05, 3.63) is 87.2 Å². The number of ketones is 1. The van der Waals surface area contributed by atoms with Crippen LogP contribution in [0.1, 0.15) is 50.6 Å². The zero-order valence-corrected chi connectivity index (χ0v) is 19.4. The lowest BCUT2D eigenvalue weighted by molar-refractivity contribution is 0.0480. The minimum Gasteiger partial charge on any atom is -0.462 e. The second kappa shape index (κ2) is 9.25. The molecule has 4 aromatic rings. The Morgan fingerprint density at radius 3 is 2.21 bits per heavy atom. The Kier molecular flexibility index (Phi) is 6.40. The van der Waals surface area contributed by atoms with Gasteiger partial charge >= 0.3 is 11.9 Å². The van der Waals surface area contributed by atoms with Gasteiger partial charge in [0, 0.05) is 22.2 Å². The Balaban J connectivity index is 2.15. The number of halogens is 2. The molecule has 33 heavy (non-hydrogen) atoms. The van der Waals surface area contributed by atoms with Gasteiger partial charge in [0.25, 0.3) is 0 Å². The maximum absolute atomic E-state index is 13.7. The van der Waals surface area contributed by atoms with Crippen LogP contribution in [0.5, 0.6) is 0 Å². The molecular weight excluding hydrogens is 465 g/mol. The van der Waals surface area contributed by atoms with E-state index in [0.717, 1.165) is 5.39 Å². The molecule has 0 bridgehead atoms. The van der Waals surface area contributed by atoms with Crippen molar-refractivity contribution >= 4 is 57.2 Å². The largest absolute Gasteiger partial charge is 0.462 e. The van der Waals surface area contributed by atoms with Gasteiger partial charge in [0.05, 0.1) is 23.8 Å². The first kappa shape index (κ1) is 22.8. The van der Waals surface area contributed by atoms with Crippen molar-refractivity contribution in [2.75, 3.05) is 13.2 Å². The summed E-state index contributed by atoms with van der Waals surface area (Å²) in [6.07, 6.45) is 1.64. The summed E-state index contributed by atoms with van der Waals surface area (Å²) in [5, 5.41) is 1.98. The zero-order chi connectivity index (χ0) is 23.7. The van der Waals surface area contributed by atoms with Crippen molar-refractivity contribution in [3.63, 3.8) is 0 Å². The fraction of sp³-hybridized carbons (Fsp3) is 0.160. The Morgan fingerprint density at radius 1 is 0.879 bits per heavy atom. The first-order valence-corrected chi connectivity index (χ1v) is 11.0. The number of esters is 2. The van der Waals surface area contributed by atoms with Gasteiger partial charge in [-0.25, -0.2) is 9.59 Å². The molecule has 0 radical (unpaired) electrons. The fourth-order valence-corrected chi connectivity index (χ4v) is 4.34. The summed E-state index contributed by atoms with van der Waals surface area (Å²) in [5.74, 6) is -2.09. The van der Waals surface area contributed by atoms with Crippen LogP contribution < -0.4 is 0 Å². The molecule has 0 saturated heterocycles. The van der Waals surface area contributed by atoms with E-state index in [4.69, 9.17) is 32.7 Å². The second-order valence-electron chi connectivity index (χ2n) is 7.11. The summed E-state index contributed by atoms with van der Waals surface area (Å²) in [4.78, 5) is 40.0.